The van der Waals surface area contributed by atoms with Crippen molar-refractivity contribution in [2.45, 2.75) is 26.3 Å². The summed E-state index contributed by atoms with van der Waals surface area (Å²) in [5.74, 6) is -0.402. The Hall–Kier alpha value is -1.42. The first-order valence-corrected chi connectivity index (χ1v) is 5.72. The zero-order valence-corrected chi connectivity index (χ0v) is 10.2. The van der Waals surface area contributed by atoms with Crippen molar-refractivity contribution in [2.75, 3.05) is 18.1 Å². The Kier molecular flexibility index (Phi) is 5.10. The van der Waals surface area contributed by atoms with Crippen LogP contribution in [-0.4, -0.2) is 30.6 Å². The summed E-state index contributed by atoms with van der Waals surface area (Å²) in [6, 6.07) is 4.57. The molecule has 0 fully saturated rings. The highest BCUT2D eigenvalue weighted by Crippen LogP contribution is 2.22. The van der Waals surface area contributed by atoms with Gasteiger partial charge < -0.3 is 10.0 Å². The van der Waals surface area contributed by atoms with Gasteiger partial charge in [-0.3, -0.25) is 4.79 Å². The topological polar surface area (TPSA) is 40.5 Å². The van der Waals surface area contributed by atoms with Crippen LogP contribution < -0.4 is 4.90 Å². The van der Waals surface area contributed by atoms with Crippen molar-refractivity contribution in [3.63, 3.8) is 0 Å². The van der Waals surface area contributed by atoms with Crippen molar-refractivity contribution in [1.29, 1.82) is 0 Å². The number of rotatable bonds is 6. The molecule has 0 unspecified atom stereocenters. The van der Waals surface area contributed by atoms with Gasteiger partial charge in [0.25, 0.3) is 0 Å². The van der Waals surface area contributed by atoms with E-state index in [1.54, 1.807) is 12.1 Å². The highest BCUT2D eigenvalue weighted by atomic mass is 19.1. The summed E-state index contributed by atoms with van der Waals surface area (Å²) in [6.07, 6.45) is 1.22. The Balaban J connectivity index is 2.97. The Bertz CT molecular complexity index is 380. The Morgan fingerprint density at radius 2 is 2.18 bits per heavy atom. The molecule has 0 saturated heterocycles. The first-order valence-electron chi connectivity index (χ1n) is 5.72. The quantitative estimate of drug-likeness (QED) is 0.774. The highest BCUT2D eigenvalue weighted by Gasteiger charge is 2.14. The lowest BCUT2D eigenvalue weighted by Gasteiger charge is -2.29. The van der Waals surface area contributed by atoms with E-state index in [0.717, 1.165) is 0 Å². The number of benzene rings is 1. The molecule has 0 bridgehead atoms. The summed E-state index contributed by atoms with van der Waals surface area (Å²) < 4.78 is 13.8. The molecular weight excluding hydrogens is 221 g/mol. The molecule has 1 rings (SSSR count). The maximum Gasteiger partial charge on any atom is 0.150 e. The van der Waals surface area contributed by atoms with Crippen molar-refractivity contribution in [3.8, 4) is 0 Å². The molecule has 0 aliphatic carbocycles. The molecule has 3 nitrogen and oxygen atoms in total. The Morgan fingerprint density at radius 3 is 2.65 bits per heavy atom. The summed E-state index contributed by atoms with van der Waals surface area (Å²) in [7, 11) is 0. The molecule has 1 aromatic carbocycles. The number of aliphatic hydroxyl groups excluding tert-OH is 1. The number of aliphatic hydroxyl groups is 1. The Labute approximate surface area is 101 Å². The van der Waals surface area contributed by atoms with Gasteiger partial charge in [-0.05, 0) is 38.5 Å². The predicted octanol–water partition coefficient (Wildman–Crippen LogP) is 2.24. The molecule has 1 N–H and O–H groups in total. The molecule has 0 heterocycles. The van der Waals surface area contributed by atoms with Crippen molar-refractivity contribution in [2.24, 2.45) is 0 Å². The molecule has 94 valence electrons. The van der Waals surface area contributed by atoms with Gasteiger partial charge in [-0.15, -0.1) is 0 Å². The van der Waals surface area contributed by atoms with Crippen molar-refractivity contribution < 1.29 is 14.3 Å². The summed E-state index contributed by atoms with van der Waals surface area (Å²) in [5, 5.41) is 8.83. The van der Waals surface area contributed by atoms with Gasteiger partial charge >= 0.3 is 0 Å². The zero-order valence-electron chi connectivity index (χ0n) is 10.2. The number of carbonyl (C=O) groups excluding carboxylic acids is 1. The maximum atomic E-state index is 13.8. The minimum absolute atomic E-state index is 0.0806. The van der Waals surface area contributed by atoms with Crippen LogP contribution >= 0.6 is 0 Å². The van der Waals surface area contributed by atoms with Gasteiger partial charge in [0.2, 0.25) is 0 Å². The lowest BCUT2D eigenvalue weighted by molar-refractivity contribution is 0.112. The van der Waals surface area contributed by atoms with Crippen LogP contribution in [-0.2, 0) is 0 Å². The predicted molar refractivity (Wildman–Crippen MR) is 66.0 cm³/mol. The average molecular weight is 239 g/mol. The van der Waals surface area contributed by atoms with E-state index >= 15 is 0 Å². The third-order valence-corrected chi connectivity index (χ3v) is 2.60. The lowest BCUT2D eigenvalue weighted by Crippen LogP contribution is -2.33. The van der Waals surface area contributed by atoms with Crippen LogP contribution in [0.3, 0.4) is 0 Å². The van der Waals surface area contributed by atoms with Gasteiger partial charge in [0.1, 0.15) is 12.1 Å². The van der Waals surface area contributed by atoms with Crippen LogP contribution in [0.1, 0.15) is 30.6 Å². The first kappa shape index (κ1) is 13.6. The average Bonchev–Trinajstić information content (AvgIpc) is 2.30. The van der Waals surface area contributed by atoms with Crippen LogP contribution in [0.25, 0.3) is 0 Å². The van der Waals surface area contributed by atoms with Gasteiger partial charge in [-0.2, -0.15) is 0 Å². The van der Waals surface area contributed by atoms with E-state index in [4.69, 9.17) is 5.11 Å². The lowest BCUT2D eigenvalue weighted by atomic mass is 10.1. The normalized spacial score (nSPS) is 10.6. The fraction of sp³-hybridized carbons (Fsp3) is 0.462. The van der Waals surface area contributed by atoms with Crippen LogP contribution in [0.15, 0.2) is 18.2 Å². The van der Waals surface area contributed by atoms with E-state index in [0.29, 0.717) is 30.5 Å². The monoisotopic (exact) mass is 239 g/mol. The number of anilines is 1. The number of carbonyl (C=O) groups is 1. The van der Waals surface area contributed by atoms with E-state index in [2.05, 4.69) is 0 Å². The van der Waals surface area contributed by atoms with Gasteiger partial charge in [-0.25, -0.2) is 4.39 Å². The third-order valence-electron chi connectivity index (χ3n) is 2.60. The third kappa shape index (κ3) is 3.53. The highest BCUT2D eigenvalue weighted by molar-refractivity contribution is 5.76. The van der Waals surface area contributed by atoms with Crippen LogP contribution in [0, 0.1) is 5.82 Å². The van der Waals surface area contributed by atoms with Crippen LogP contribution in [0.5, 0.6) is 0 Å². The van der Waals surface area contributed by atoms with E-state index in [9.17, 15) is 9.18 Å². The van der Waals surface area contributed by atoms with Crippen molar-refractivity contribution in [1.82, 2.24) is 0 Å². The molecule has 0 radical (unpaired) electrons. The molecule has 0 aliphatic rings. The minimum atomic E-state index is -0.402. The zero-order chi connectivity index (χ0) is 12.8. The van der Waals surface area contributed by atoms with Gasteiger partial charge in [-0.1, -0.05) is 0 Å². The number of nitrogens with zero attached hydrogens (tertiary/aromatic N) is 1. The molecule has 0 aromatic heterocycles. The largest absolute Gasteiger partial charge is 0.396 e. The standard InChI is InChI=1S/C13H18FNO2/c1-10(2)15(6-3-7-16)13-5-4-11(9-17)8-12(13)14/h4-5,8-10,16H,3,6-7H2,1-2H3. The van der Waals surface area contributed by atoms with Crippen LogP contribution in [0.2, 0.25) is 0 Å². The molecule has 0 aliphatic heterocycles. The summed E-state index contributed by atoms with van der Waals surface area (Å²) in [5.41, 5.74) is 0.802. The number of hydrogen-bond acceptors (Lipinski definition) is 3. The molecule has 0 atom stereocenters. The second kappa shape index (κ2) is 6.35. The fourth-order valence-electron chi connectivity index (χ4n) is 1.73. The fourth-order valence-corrected chi connectivity index (χ4v) is 1.73. The summed E-state index contributed by atoms with van der Waals surface area (Å²) in [4.78, 5) is 12.4. The molecule has 1 aromatic rings. The van der Waals surface area contributed by atoms with Gasteiger partial charge in [0, 0.05) is 24.8 Å². The SMILES string of the molecule is CC(C)N(CCCO)c1ccc(C=O)cc1F. The van der Waals surface area contributed by atoms with Gasteiger partial charge in [0.05, 0.1) is 5.69 Å². The molecule has 0 saturated carbocycles. The molecule has 0 spiro atoms. The van der Waals surface area contributed by atoms with Crippen LogP contribution in [0.4, 0.5) is 10.1 Å². The van der Waals surface area contributed by atoms with Crippen molar-refractivity contribution >= 4 is 12.0 Å². The second-order valence-electron chi connectivity index (χ2n) is 4.19. The van der Waals surface area contributed by atoms with Crippen molar-refractivity contribution in [3.05, 3.63) is 29.6 Å². The first-order chi connectivity index (χ1) is 8.10. The Morgan fingerprint density at radius 1 is 1.47 bits per heavy atom. The van der Waals surface area contributed by atoms with E-state index in [1.807, 2.05) is 18.7 Å². The minimum Gasteiger partial charge on any atom is -0.396 e. The summed E-state index contributed by atoms with van der Waals surface area (Å²) in [6.45, 7) is 4.59. The number of halogens is 1. The number of hydrogen-bond donors (Lipinski definition) is 1. The van der Waals surface area contributed by atoms with E-state index in [-0.39, 0.29) is 12.6 Å². The van der Waals surface area contributed by atoms with Gasteiger partial charge in [0.15, 0.2) is 0 Å². The maximum absolute atomic E-state index is 13.8. The molecule has 0 amide bonds. The second-order valence-corrected chi connectivity index (χ2v) is 4.19. The van der Waals surface area contributed by atoms with E-state index in [1.165, 1.54) is 6.07 Å². The molecular formula is C13H18FNO2. The smallest absolute Gasteiger partial charge is 0.150 e. The molecule has 4 heteroatoms. The summed E-state index contributed by atoms with van der Waals surface area (Å²) >= 11 is 0. The van der Waals surface area contributed by atoms with E-state index < -0.39 is 5.82 Å². The number of aldehydes is 1. The molecule has 17 heavy (non-hydrogen) atoms.